The minimum absolute atomic E-state index is 0.0685. The molecule has 21 heavy (non-hydrogen) atoms. The third-order valence-electron chi connectivity index (χ3n) is 2.76. The van der Waals surface area contributed by atoms with Crippen LogP contribution in [0.5, 0.6) is 0 Å². The number of carboxylic acids is 1. The van der Waals surface area contributed by atoms with Crippen molar-refractivity contribution in [2.24, 2.45) is 5.92 Å². The first kappa shape index (κ1) is 17.1. The van der Waals surface area contributed by atoms with Crippen LogP contribution in [0.2, 0.25) is 0 Å². The van der Waals surface area contributed by atoms with Crippen LogP contribution in [0.25, 0.3) is 0 Å². The van der Waals surface area contributed by atoms with E-state index in [9.17, 15) is 13.2 Å². The second-order valence-electron chi connectivity index (χ2n) is 5.00. The molecule has 0 aliphatic heterocycles. The van der Waals surface area contributed by atoms with E-state index in [1.165, 1.54) is 22.5 Å². The fourth-order valence-electron chi connectivity index (χ4n) is 1.83. The van der Waals surface area contributed by atoms with Gasteiger partial charge in [-0.15, -0.1) is 0 Å². The second-order valence-corrected chi connectivity index (χ2v) is 6.94. The third kappa shape index (κ3) is 4.55. The summed E-state index contributed by atoms with van der Waals surface area (Å²) in [6, 6.07) is 7.16. The van der Waals surface area contributed by atoms with Crippen molar-refractivity contribution in [2.45, 2.75) is 25.2 Å². The maximum absolute atomic E-state index is 12.6. The van der Waals surface area contributed by atoms with Crippen LogP contribution in [-0.2, 0) is 10.0 Å². The quantitative estimate of drug-likeness (QED) is 0.830. The summed E-state index contributed by atoms with van der Waals surface area (Å²) in [4.78, 5) is 10.9. The molecular formula is C14H18N2O4S. The van der Waals surface area contributed by atoms with Gasteiger partial charge in [-0.1, -0.05) is 19.9 Å². The molecule has 1 N–H and O–H groups in total. The molecule has 0 saturated heterocycles. The van der Waals surface area contributed by atoms with Gasteiger partial charge in [-0.25, -0.2) is 13.2 Å². The molecule has 0 amide bonds. The number of carbonyl (C=O) groups is 1. The van der Waals surface area contributed by atoms with Crippen molar-refractivity contribution in [3.63, 3.8) is 0 Å². The summed E-state index contributed by atoms with van der Waals surface area (Å²) in [6.45, 7) is 4.13. The fraction of sp³-hybridized carbons (Fsp3) is 0.429. The molecular weight excluding hydrogens is 292 g/mol. The van der Waals surface area contributed by atoms with Crippen LogP contribution in [-0.4, -0.2) is 36.9 Å². The molecule has 0 unspecified atom stereocenters. The van der Waals surface area contributed by atoms with E-state index in [2.05, 4.69) is 0 Å². The number of rotatable bonds is 7. The van der Waals surface area contributed by atoms with Crippen molar-refractivity contribution in [1.82, 2.24) is 4.31 Å². The summed E-state index contributed by atoms with van der Waals surface area (Å²) < 4.78 is 26.4. The minimum atomic E-state index is -3.81. The van der Waals surface area contributed by atoms with Gasteiger partial charge in [0.05, 0.1) is 16.5 Å². The number of aromatic carboxylic acids is 1. The molecule has 0 spiro atoms. The molecule has 0 radical (unpaired) electrons. The largest absolute Gasteiger partial charge is 0.478 e. The smallest absolute Gasteiger partial charge is 0.335 e. The second kappa shape index (κ2) is 7.20. The number of benzene rings is 1. The molecule has 0 atom stereocenters. The number of nitriles is 1. The first-order valence-electron chi connectivity index (χ1n) is 6.49. The molecule has 1 aromatic rings. The summed E-state index contributed by atoms with van der Waals surface area (Å²) in [6.07, 6.45) is 0.0879. The van der Waals surface area contributed by atoms with Crippen molar-refractivity contribution in [3.8, 4) is 6.07 Å². The Morgan fingerprint density at radius 3 is 2.62 bits per heavy atom. The van der Waals surface area contributed by atoms with Crippen molar-refractivity contribution in [3.05, 3.63) is 29.8 Å². The van der Waals surface area contributed by atoms with Crippen LogP contribution < -0.4 is 0 Å². The summed E-state index contributed by atoms with van der Waals surface area (Å²) >= 11 is 0. The predicted octanol–water partition coefficient (Wildman–Crippen LogP) is 1.95. The zero-order valence-corrected chi connectivity index (χ0v) is 12.8. The van der Waals surface area contributed by atoms with Gasteiger partial charge >= 0.3 is 5.97 Å². The number of hydrogen-bond donors (Lipinski definition) is 1. The molecule has 6 nitrogen and oxygen atoms in total. The molecule has 0 bridgehead atoms. The number of sulfonamides is 1. The molecule has 0 fully saturated rings. The van der Waals surface area contributed by atoms with Gasteiger partial charge in [-0.2, -0.15) is 9.57 Å². The Balaban J connectivity index is 3.18. The Hall–Kier alpha value is -1.91. The van der Waals surface area contributed by atoms with E-state index in [-0.39, 0.29) is 35.9 Å². The molecule has 114 valence electrons. The minimum Gasteiger partial charge on any atom is -0.478 e. The van der Waals surface area contributed by atoms with Crippen LogP contribution >= 0.6 is 0 Å². The average Bonchev–Trinajstić information content (AvgIpc) is 2.43. The Bertz CT molecular complexity index is 647. The van der Waals surface area contributed by atoms with Crippen molar-refractivity contribution >= 4 is 16.0 Å². The average molecular weight is 310 g/mol. The van der Waals surface area contributed by atoms with E-state index in [4.69, 9.17) is 10.4 Å². The highest BCUT2D eigenvalue weighted by Crippen LogP contribution is 2.19. The van der Waals surface area contributed by atoms with E-state index in [0.717, 1.165) is 6.07 Å². The number of hydrogen-bond acceptors (Lipinski definition) is 4. The zero-order chi connectivity index (χ0) is 16.0. The van der Waals surface area contributed by atoms with Gasteiger partial charge in [-0.05, 0) is 24.1 Å². The van der Waals surface area contributed by atoms with Crippen LogP contribution in [0.3, 0.4) is 0 Å². The van der Waals surface area contributed by atoms with Gasteiger partial charge in [0.15, 0.2) is 0 Å². The first-order valence-corrected chi connectivity index (χ1v) is 7.93. The SMILES string of the molecule is CC(C)CN(CCC#N)S(=O)(=O)c1cccc(C(=O)O)c1. The summed E-state index contributed by atoms with van der Waals surface area (Å²) in [5, 5.41) is 17.6. The summed E-state index contributed by atoms with van der Waals surface area (Å²) in [5.74, 6) is -1.08. The van der Waals surface area contributed by atoms with E-state index in [1.54, 1.807) is 0 Å². The topological polar surface area (TPSA) is 98.5 Å². The van der Waals surface area contributed by atoms with Crippen LogP contribution in [0, 0.1) is 17.2 Å². The van der Waals surface area contributed by atoms with E-state index in [0.29, 0.717) is 0 Å². The highest BCUT2D eigenvalue weighted by atomic mass is 32.2. The van der Waals surface area contributed by atoms with Crippen LogP contribution in [0.1, 0.15) is 30.6 Å². The zero-order valence-electron chi connectivity index (χ0n) is 12.0. The lowest BCUT2D eigenvalue weighted by Gasteiger charge is -2.23. The van der Waals surface area contributed by atoms with Gasteiger partial charge in [0, 0.05) is 19.5 Å². The van der Waals surface area contributed by atoms with Crippen molar-refractivity contribution < 1.29 is 18.3 Å². The van der Waals surface area contributed by atoms with E-state index < -0.39 is 16.0 Å². The summed E-state index contributed by atoms with van der Waals surface area (Å²) in [5.41, 5.74) is -0.0825. The maximum Gasteiger partial charge on any atom is 0.335 e. The van der Waals surface area contributed by atoms with Gasteiger partial charge in [-0.3, -0.25) is 0 Å². The molecule has 1 aromatic carbocycles. The third-order valence-corrected chi connectivity index (χ3v) is 4.62. The van der Waals surface area contributed by atoms with Gasteiger partial charge < -0.3 is 5.11 Å². The van der Waals surface area contributed by atoms with Gasteiger partial charge in [0.1, 0.15) is 0 Å². The first-order chi connectivity index (χ1) is 9.78. The standard InChI is InChI=1S/C14H18N2O4S/c1-11(2)10-16(8-4-7-15)21(19,20)13-6-3-5-12(9-13)14(17)18/h3,5-6,9,11H,4,8,10H2,1-2H3,(H,17,18). The lowest BCUT2D eigenvalue weighted by Crippen LogP contribution is -2.35. The monoisotopic (exact) mass is 310 g/mol. The lowest BCUT2D eigenvalue weighted by atomic mass is 10.2. The van der Waals surface area contributed by atoms with Crippen molar-refractivity contribution in [1.29, 1.82) is 5.26 Å². The van der Waals surface area contributed by atoms with E-state index in [1.807, 2.05) is 19.9 Å². The molecule has 0 heterocycles. The lowest BCUT2D eigenvalue weighted by molar-refractivity contribution is 0.0696. The number of nitrogens with zero attached hydrogens (tertiary/aromatic N) is 2. The highest BCUT2D eigenvalue weighted by Gasteiger charge is 2.25. The van der Waals surface area contributed by atoms with Crippen LogP contribution in [0.15, 0.2) is 29.2 Å². The Morgan fingerprint density at radius 1 is 1.43 bits per heavy atom. The molecule has 7 heteroatoms. The molecule has 0 saturated carbocycles. The highest BCUT2D eigenvalue weighted by molar-refractivity contribution is 7.89. The van der Waals surface area contributed by atoms with Crippen molar-refractivity contribution in [2.75, 3.05) is 13.1 Å². The molecule has 0 aromatic heterocycles. The normalized spacial score (nSPS) is 11.6. The van der Waals surface area contributed by atoms with Crippen LogP contribution in [0.4, 0.5) is 0 Å². The Labute approximate surface area is 124 Å². The maximum atomic E-state index is 12.6. The molecule has 1 rings (SSSR count). The Morgan fingerprint density at radius 2 is 2.10 bits per heavy atom. The van der Waals surface area contributed by atoms with Gasteiger partial charge in [0.25, 0.3) is 0 Å². The molecule has 0 aliphatic carbocycles. The van der Waals surface area contributed by atoms with E-state index >= 15 is 0 Å². The summed E-state index contributed by atoms with van der Waals surface area (Å²) in [7, 11) is -3.81. The molecule has 0 aliphatic rings. The Kier molecular flexibility index (Phi) is 5.88. The van der Waals surface area contributed by atoms with Gasteiger partial charge in [0.2, 0.25) is 10.0 Å². The predicted molar refractivity (Wildman–Crippen MR) is 77.2 cm³/mol. The fourth-order valence-corrected chi connectivity index (χ4v) is 3.48. The number of carboxylic acid groups (broad SMARTS) is 1.